The molecule has 1 aliphatic carbocycles. The smallest absolute Gasteiger partial charge is 0.230 e. The lowest BCUT2D eigenvalue weighted by molar-refractivity contribution is -0.133. The van der Waals surface area contributed by atoms with E-state index in [2.05, 4.69) is 25.5 Å². The molecule has 0 bridgehead atoms. The normalized spacial score (nSPS) is 23.9. The number of hydrogen-bond acceptors (Lipinski definition) is 6. The molecule has 7 nitrogen and oxygen atoms in total. The van der Waals surface area contributed by atoms with Crippen LogP contribution < -0.4 is 15.5 Å². The average Bonchev–Trinajstić information content (AvgIpc) is 3.08. The first kappa shape index (κ1) is 19.2. The topological polar surface area (TPSA) is 79.4 Å². The van der Waals surface area contributed by atoms with Crippen molar-refractivity contribution >= 4 is 29.3 Å². The van der Waals surface area contributed by atoms with Crippen LogP contribution in [0.3, 0.4) is 0 Å². The van der Waals surface area contributed by atoms with Gasteiger partial charge in [-0.05, 0) is 19.3 Å². The Balaban J connectivity index is 1.74. The predicted molar refractivity (Wildman–Crippen MR) is 103 cm³/mol. The minimum atomic E-state index is -0.552. The van der Waals surface area contributed by atoms with Crippen LogP contribution in [0.1, 0.15) is 38.5 Å². The fourth-order valence-electron chi connectivity index (χ4n) is 3.98. The van der Waals surface area contributed by atoms with Crippen LogP contribution in [0.4, 0.5) is 11.8 Å². The van der Waals surface area contributed by atoms with Crippen molar-refractivity contribution in [3.8, 4) is 0 Å². The Bertz CT molecular complexity index is 638. The zero-order valence-electron chi connectivity index (χ0n) is 15.6. The third kappa shape index (κ3) is 4.20. The van der Waals surface area contributed by atoms with Gasteiger partial charge in [-0.25, -0.2) is 4.98 Å². The average molecular weight is 382 g/mol. The van der Waals surface area contributed by atoms with E-state index in [1.54, 1.807) is 20.2 Å². The number of carbonyl (C=O) groups is 1. The molecule has 0 radical (unpaired) electrons. The molecular weight excluding hydrogens is 354 g/mol. The highest BCUT2D eigenvalue weighted by atomic mass is 35.5. The summed E-state index contributed by atoms with van der Waals surface area (Å²) in [7, 11) is 3.41. The van der Waals surface area contributed by atoms with Crippen LogP contribution >= 0.6 is 11.6 Å². The summed E-state index contributed by atoms with van der Waals surface area (Å²) in [5, 5.41) is 6.58. The number of carbonyl (C=O) groups excluding carboxylic acids is 1. The minimum absolute atomic E-state index is 0.0998. The molecule has 2 fully saturated rings. The second kappa shape index (κ2) is 8.39. The van der Waals surface area contributed by atoms with Gasteiger partial charge in [-0.3, -0.25) is 4.79 Å². The molecule has 0 unspecified atom stereocenters. The second-order valence-electron chi connectivity index (χ2n) is 7.32. The summed E-state index contributed by atoms with van der Waals surface area (Å²) in [6, 6.07) is 2.04. The van der Waals surface area contributed by atoms with Crippen LogP contribution in [-0.2, 0) is 9.53 Å². The number of nitrogens with one attached hydrogen (secondary N) is 2. The van der Waals surface area contributed by atoms with Gasteiger partial charge in [0.25, 0.3) is 0 Å². The SMILES string of the molecule is CNc1nc(Cl)cc(N2CC[C@@](COC)(C(=O)NC3CCCCC3)C2)n1. The maximum Gasteiger partial charge on any atom is 0.230 e. The monoisotopic (exact) mass is 381 g/mol. The number of anilines is 2. The van der Waals surface area contributed by atoms with Crippen molar-refractivity contribution < 1.29 is 9.53 Å². The van der Waals surface area contributed by atoms with Gasteiger partial charge < -0.3 is 20.3 Å². The molecule has 1 aliphatic heterocycles. The first-order chi connectivity index (χ1) is 12.6. The molecule has 144 valence electrons. The number of amides is 1. The van der Waals surface area contributed by atoms with E-state index in [1.165, 1.54) is 19.3 Å². The molecule has 26 heavy (non-hydrogen) atoms. The van der Waals surface area contributed by atoms with E-state index in [0.717, 1.165) is 31.6 Å². The molecule has 1 aromatic rings. The van der Waals surface area contributed by atoms with Gasteiger partial charge in [0, 0.05) is 39.4 Å². The number of nitrogens with zero attached hydrogens (tertiary/aromatic N) is 3. The summed E-state index contributed by atoms with van der Waals surface area (Å²) in [6.45, 7) is 1.70. The quantitative estimate of drug-likeness (QED) is 0.737. The first-order valence-corrected chi connectivity index (χ1v) is 9.71. The van der Waals surface area contributed by atoms with E-state index in [0.29, 0.717) is 30.3 Å². The van der Waals surface area contributed by atoms with Gasteiger partial charge in [0.15, 0.2) is 0 Å². The molecule has 0 aromatic carbocycles. The van der Waals surface area contributed by atoms with Crippen LogP contribution in [-0.4, -0.2) is 55.8 Å². The lowest BCUT2D eigenvalue weighted by Gasteiger charge is -2.31. The maximum atomic E-state index is 13.1. The van der Waals surface area contributed by atoms with Crippen LogP contribution in [0.2, 0.25) is 5.15 Å². The summed E-state index contributed by atoms with van der Waals surface area (Å²) in [6.07, 6.45) is 6.54. The summed E-state index contributed by atoms with van der Waals surface area (Å²) < 4.78 is 5.43. The van der Waals surface area contributed by atoms with Crippen molar-refractivity contribution in [3.05, 3.63) is 11.2 Å². The van der Waals surface area contributed by atoms with Crippen LogP contribution in [0.5, 0.6) is 0 Å². The largest absolute Gasteiger partial charge is 0.383 e. The Kier molecular flexibility index (Phi) is 6.19. The van der Waals surface area contributed by atoms with Crippen molar-refractivity contribution in [2.24, 2.45) is 5.41 Å². The van der Waals surface area contributed by atoms with Crippen molar-refractivity contribution in [3.63, 3.8) is 0 Å². The van der Waals surface area contributed by atoms with E-state index in [1.807, 2.05) is 0 Å². The summed E-state index contributed by atoms with van der Waals surface area (Å²) >= 11 is 6.11. The highest BCUT2D eigenvalue weighted by Crippen LogP contribution is 2.35. The van der Waals surface area contributed by atoms with E-state index >= 15 is 0 Å². The Morgan fingerprint density at radius 2 is 2.15 bits per heavy atom. The number of halogens is 1. The molecule has 1 atom stereocenters. The molecule has 1 saturated carbocycles. The number of hydrogen-bond donors (Lipinski definition) is 2. The fourth-order valence-corrected chi connectivity index (χ4v) is 4.16. The molecule has 2 heterocycles. The zero-order valence-corrected chi connectivity index (χ0v) is 16.3. The maximum absolute atomic E-state index is 13.1. The zero-order chi connectivity index (χ0) is 18.6. The number of rotatable bonds is 6. The van der Waals surface area contributed by atoms with Crippen LogP contribution in [0.25, 0.3) is 0 Å². The molecule has 8 heteroatoms. The molecule has 3 rings (SSSR count). The van der Waals surface area contributed by atoms with E-state index in [-0.39, 0.29) is 5.91 Å². The molecule has 1 aromatic heterocycles. The fraction of sp³-hybridized carbons (Fsp3) is 0.722. The van der Waals surface area contributed by atoms with Gasteiger partial charge in [-0.2, -0.15) is 4.98 Å². The third-order valence-electron chi connectivity index (χ3n) is 5.43. The van der Waals surface area contributed by atoms with Crippen molar-refractivity contribution in [1.82, 2.24) is 15.3 Å². The van der Waals surface area contributed by atoms with Gasteiger partial charge in [-0.1, -0.05) is 30.9 Å². The number of aromatic nitrogens is 2. The first-order valence-electron chi connectivity index (χ1n) is 9.33. The highest BCUT2D eigenvalue weighted by molar-refractivity contribution is 6.29. The Hall–Kier alpha value is -1.60. The molecule has 1 amide bonds. The van der Waals surface area contributed by atoms with Gasteiger partial charge in [0.1, 0.15) is 11.0 Å². The summed E-state index contributed by atoms with van der Waals surface area (Å²) in [5.74, 6) is 1.31. The summed E-state index contributed by atoms with van der Waals surface area (Å²) in [5.41, 5.74) is -0.552. The predicted octanol–water partition coefficient (Wildman–Crippen LogP) is 2.46. The van der Waals surface area contributed by atoms with Gasteiger partial charge in [0.05, 0.1) is 12.0 Å². The van der Waals surface area contributed by atoms with Crippen molar-refractivity contribution in [2.45, 2.75) is 44.6 Å². The molecule has 1 saturated heterocycles. The molecule has 2 N–H and O–H groups in total. The van der Waals surface area contributed by atoms with E-state index in [9.17, 15) is 4.79 Å². The second-order valence-corrected chi connectivity index (χ2v) is 7.70. The number of ether oxygens (including phenoxy) is 1. The lowest BCUT2D eigenvalue weighted by atomic mass is 9.85. The lowest BCUT2D eigenvalue weighted by Crippen LogP contribution is -2.49. The van der Waals surface area contributed by atoms with Gasteiger partial charge >= 0.3 is 0 Å². The van der Waals surface area contributed by atoms with E-state index in [4.69, 9.17) is 16.3 Å². The van der Waals surface area contributed by atoms with Crippen molar-refractivity contribution in [2.75, 3.05) is 44.1 Å². The summed E-state index contributed by atoms with van der Waals surface area (Å²) in [4.78, 5) is 23.8. The molecule has 2 aliphatic rings. The van der Waals surface area contributed by atoms with E-state index < -0.39 is 5.41 Å². The third-order valence-corrected chi connectivity index (χ3v) is 5.62. The highest BCUT2D eigenvalue weighted by Gasteiger charge is 2.46. The molecule has 0 spiro atoms. The van der Waals surface area contributed by atoms with Crippen molar-refractivity contribution in [1.29, 1.82) is 0 Å². The van der Waals surface area contributed by atoms with Crippen LogP contribution in [0.15, 0.2) is 6.07 Å². The van der Waals surface area contributed by atoms with Gasteiger partial charge in [-0.15, -0.1) is 0 Å². The Morgan fingerprint density at radius 3 is 2.85 bits per heavy atom. The Labute approximate surface area is 159 Å². The molecular formula is C18H28ClN5O2. The number of methoxy groups -OCH3 is 1. The standard InChI is InChI=1S/C18H28ClN5O2/c1-20-17-22-14(19)10-15(23-17)24-9-8-18(11-24,12-26-2)16(25)21-13-6-4-3-5-7-13/h10,13H,3-9,11-12H2,1-2H3,(H,21,25)(H,20,22,23)/t18-/m1/s1. The van der Waals surface area contributed by atoms with Crippen LogP contribution in [0, 0.1) is 5.41 Å². The van der Waals surface area contributed by atoms with Gasteiger partial charge in [0.2, 0.25) is 11.9 Å². The minimum Gasteiger partial charge on any atom is -0.383 e. The Morgan fingerprint density at radius 1 is 1.38 bits per heavy atom.